The second kappa shape index (κ2) is 7.24. The Labute approximate surface area is 89.1 Å². The molecule has 1 rings (SSSR count). The van der Waals surface area contributed by atoms with E-state index in [9.17, 15) is 0 Å². The third-order valence-electron chi connectivity index (χ3n) is 3.11. The lowest BCUT2D eigenvalue weighted by Crippen LogP contribution is -2.32. The number of piperidine rings is 1. The Bertz CT molecular complexity index is 130. The number of likely N-dealkylation sites (tertiary alicyclic amines) is 1. The number of rotatable bonds is 6. The van der Waals surface area contributed by atoms with Gasteiger partial charge in [-0.2, -0.15) is 0 Å². The normalized spacial score (nSPS) is 21.0. The second-order valence-corrected chi connectivity index (χ2v) is 4.50. The third kappa shape index (κ3) is 4.97. The molecule has 0 aromatic rings. The predicted octanol–water partition coefficient (Wildman–Crippen LogP) is 2.25. The molecule has 0 aliphatic carbocycles. The maximum absolute atomic E-state index is 3.46. The van der Waals surface area contributed by atoms with Gasteiger partial charge in [-0.1, -0.05) is 13.3 Å². The standard InChI is InChI=1S/C12H26N2/c1-3-13-12(2)8-7-11-14-9-5-4-6-10-14/h12-13H,3-11H2,1-2H3. The summed E-state index contributed by atoms with van der Waals surface area (Å²) in [5.41, 5.74) is 0. The van der Waals surface area contributed by atoms with Gasteiger partial charge in [0.2, 0.25) is 0 Å². The summed E-state index contributed by atoms with van der Waals surface area (Å²) in [5.74, 6) is 0. The first-order valence-electron chi connectivity index (χ1n) is 6.28. The van der Waals surface area contributed by atoms with Crippen LogP contribution in [0.1, 0.15) is 46.0 Å². The van der Waals surface area contributed by atoms with Gasteiger partial charge in [0.1, 0.15) is 0 Å². The molecule has 0 radical (unpaired) electrons. The van der Waals surface area contributed by atoms with E-state index in [0.29, 0.717) is 6.04 Å². The van der Waals surface area contributed by atoms with Crippen LogP contribution in [0.25, 0.3) is 0 Å². The number of hydrogen-bond donors (Lipinski definition) is 1. The highest BCUT2D eigenvalue weighted by Gasteiger charge is 2.09. The van der Waals surface area contributed by atoms with Crippen molar-refractivity contribution in [1.82, 2.24) is 10.2 Å². The summed E-state index contributed by atoms with van der Waals surface area (Å²) in [6.45, 7) is 9.58. The molecule has 84 valence electrons. The smallest absolute Gasteiger partial charge is 0.00390 e. The monoisotopic (exact) mass is 198 g/mol. The van der Waals surface area contributed by atoms with E-state index in [1.54, 1.807) is 0 Å². The fraction of sp³-hybridized carbons (Fsp3) is 1.00. The fourth-order valence-corrected chi connectivity index (χ4v) is 2.25. The fourth-order valence-electron chi connectivity index (χ4n) is 2.25. The summed E-state index contributed by atoms with van der Waals surface area (Å²) in [4.78, 5) is 2.63. The van der Waals surface area contributed by atoms with Gasteiger partial charge in [-0.05, 0) is 58.8 Å². The molecule has 0 aromatic carbocycles. The Kier molecular flexibility index (Phi) is 6.20. The summed E-state index contributed by atoms with van der Waals surface area (Å²) >= 11 is 0. The first-order chi connectivity index (χ1) is 6.83. The van der Waals surface area contributed by atoms with Crippen LogP contribution in [0.15, 0.2) is 0 Å². The maximum Gasteiger partial charge on any atom is 0.00390 e. The molecule has 1 aliphatic rings. The van der Waals surface area contributed by atoms with Gasteiger partial charge in [-0.3, -0.25) is 0 Å². The zero-order valence-electron chi connectivity index (χ0n) is 9.89. The molecule has 0 spiro atoms. The van der Waals surface area contributed by atoms with Crippen molar-refractivity contribution >= 4 is 0 Å². The molecule has 1 unspecified atom stereocenters. The van der Waals surface area contributed by atoms with E-state index >= 15 is 0 Å². The van der Waals surface area contributed by atoms with E-state index in [4.69, 9.17) is 0 Å². The molecule has 1 aliphatic heterocycles. The largest absolute Gasteiger partial charge is 0.315 e. The number of nitrogens with zero attached hydrogens (tertiary/aromatic N) is 1. The van der Waals surface area contributed by atoms with Crippen LogP contribution < -0.4 is 5.32 Å². The molecule has 2 heteroatoms. The lowest BCUT2D eigenvalue weighted by atomic mass is 10.1. The van der Waals surface area contributed by atoms with Crippen molar-refractivity contribution < 1.29 is 0 Å². The van der Waals surface area contributed by atoms with Crippen molar-refractivity contribution in [2.24, 2.45) is 0 Å². The molecule has 1 heterocycles. The van der Waals surface area contributed by atoms with Crippen LogP contribution in [0.5, 0.6) is 0 Å². The SMILES string of the molecule is CCNC(C)CCCN1CCCCC1. The summed E-state index contributed by atoms with van der Waals surface area (Å²) < 4.78 is 0. The van der Waals surface area contributed by atoms with Crippen LogP contribution >= 0.6 is 0 Å². The summed E-state index contributed by atoms with van der Waals surface area (Å²) in [6, 6.07) is 0.699. The van der Waals surface area contributed by atoms with Crippen LogP contribution in [-0.4, -0.2) is 37.1 Å². The Hall–Kier alpha value is -0.0800. The molecule has 2 nitrogen and oxygen atoms in total. The van der Waals surface area contributed by atoms with Crippen molar-refractivity contribution in [3.8, 4) is 0 Å². The van der Waals surface area contributed by atoms with Crippen molar-refractivity contribution in [3.63, 3.8) is 0 Å². The van der Waals surface area contributed by atoms with Crippen molar-refractivity contribution in [2.45, 2.75) is 52.0 Å². The highest BCUT2D eigenvalue weighted by Crippen LogP contribution is 2.09. The first kappa shape index (κ1) is 12.0. The van der Waals surface area contributed by atoms with Crippen molar-refractivity contribution in [2.75, 3.05) is 26.2 Å². The second-order valence-electron chi connectivity index (χ2n) is 4.50. The van der Waals surface area contributed by atoms with Crippen molar-refractivity contribution in [3.05, 3.63) is 0 Å². The molecule has 1 N–H and O–H groups in total. The summed E-state index contributed by atoms with van der Waals surface area (Å²) in [7, 11) is 0. The molecular weight excluding hydrogens is 172 g/mol. The Morgan fingerprint density at radius 1 is 1.21 bits per heavy atom. The van der Waals surface area contributed by atoms with E-state index in [2.05, 4.69) is 24.1 Å². The highest BCUT2D eigenvalue weighted by atomic mass is 15.1. The van der Waals surface area contributed by atoms with Gasteiger partial charge in [-0.25, -0.2) is 0 Å². The molecule has 14 heavy (non-hydrogen) atoms. The first-order valence-corrected chi connectivity index (χ1v) is 6.28. The van der Waals surface area contributed by atoms with Crippen LogP contribution in [0.2, 0.25) is 0 Å². The van der Waals surface area contributed by atoms with Crippen molar-refractivity contribution in [1.29, 1.82) is 0 Å². The van der Waals surface area contributed by atoms with Crippen LogP contribution in [-0.2, 0) is 0 Å². The van der Waals surface area contributed by atoms with Gasteiger partial charge in [0.25, 0.3) is 0 Å². The van der Waals surface area contributed by atoms with E-state index in [0.717, 1.165) is 6.54 Å². The van der Waals surface area contributed by atoms with Gasteiger partial charge < -0.3 is 10.2 Å². The molecule has 1 atom stereocenters. The molecule has 1 fully saturated rings. The lowest BCUT2D eigenvalue weighted by molar-refractivity contribution is 0.222. The van der Waals surface area contributed by atoms with Gasteiger partial charge in [0.05, 0.1) is 0 Å². The quantitative estimate of drug-likeness (QED) is 0.704. The topological polar surface area (TPSA) is 15.3 Å². The number of nitrogens with one attached hydrogen (secondary N) is 1. The predicted molar refractivity (Wildman–Crippen MR) is 62.7 cm³/mol. The van der Waals surface area contributed by atoms with Crippen LogP contribution in [0, 0.1) is 0 Å². The van der Waals surface area contributed by atoms with Gasteiger partial charge in [0, 0.05) is 6.04 Å². The average Bonchev–Trinajstić information content (AvgIpc) is 2.20. The Balaban J connectivity index is 1.96. The zero-order valence-corrected chi connectivity index (χ0v) is 9.89. The van der Waals surface area contributed by atoms with Gasteiger partial charge >= 0.3 is 0 Å². The molecular formula is C12H26N2. The maximum atomic E-state index is 3.46. The molecule has 1 saturated heterocycles. The lowest BCUT2D eigenvalue weighted by Gasteiger charge is -2.26. The zero-order chi connectivity index (χ0) is 10.2. The van der Waals surface area contributed by atoms with Gasteiger partial charge in [0.15, 0.2) is 0 Å². The molecule has 0 saturated carbocycles. The minimum absolute atomic E-state index is 0.699. The van der Waals surface area contributed by atoms with E-state index in [1.165, 1.54) is 51.7 Å². The summed E-state index contributed by atoms with van der Waals surface area (Å²) in [5, 5.41) is 3.46. The Morgan fingerprint density at radius 2 is 1.93 bits per heavy atom. The molecule has 0 bridgehead atoms. The average molecular weight is 198 g/mol. The highest BCUT2D eigenvalue weighted by molar-refractivity contribution is 4.66. The summed E-state index contributed by atoms with van der Waals surface area (Å²) in [6.07, 6.45) is 6.97. The molecule has 0 aromatic heterocycles. The van der Waals surface area contributed by atoms with E-state index in [-0.39, 0.29) is 0 Å². The Morgan fingerprint density at radius 3 is 2.57 bits per heavy atom. The number of hydrogen-bond acceptors (Lipinski definition) is 2. The van der Waals surface area contributed by atoms with Crippen LogP contribution in [0.3, 0.4) is 0 Å². The van der Waals surface area contributed by atoms with Gasteiger partial charge in [-0.15, -0.1) is 0 Å². The molecule has 0 amide bonds. The minimum atomic E-state index is 0.699. The van der Waals surface area contributed by atoms with E-state index in [1.807, 2.05) is 0 Å². The van der Waals surface area contributed by atoms with Crippen LogP contribution in [0.4, 0.5) is 0 Å². The van der Waals surface area contributed by atoms with E-state index < -0.39 is 0 Å². The third-order valence-corrected chi connectivity index (χ3v) is 3.11. The minimum Gasteiger partial charge on any atom is -0.315 e.